The Kier molecular flexibility index (Phi) is 7.97. The van der Waals surface area contributed by atoms with E-state index >= 15 is 0 Å². The molecule has 0 spiro atoms. The molecule has 162 valence electrons. The van der Waals surface area contributed by atoms with E-state index in [4.69, 9.17) is 4.74 Å². The number of sulfonamides is 1. The zero-order valence-corrected chi connectivity index (χ0v) is 18.0. The fourth-order valence-corrected chi connectivity index (χ4v) is 4.93. The van der Waals surface area contributed by atoms with Crippen LogP contribution in [0, 0.1) is 0 Å². The first-order valence-electron chi connectivity index (χ1n) is 9.92. The number of pyridine rings is 1. The van der Waals surface area contributed by atoms with Crippen LogP contribution in [0.25, 0.3) is 0 Å². The van der Waals surface area contributed by atoms with Gasteiger partial charge >= 0.3 is 5.97 Å². The topological polar surface area (TPSA) is 106 Å². The highest BCUT2D eigenvalue weighted by Gasteiger charge is 2.33. The summed E-state index contributed by atoms with van der Waals surface area (Å²) in [6.07, 6.45) is 3.27. The van der Waals surface area contributed by atoms with Gasteiger partial charge in [-0.05, 0) is 32.3 Å². The van der Waals surface area contributed by atoms with Gasteiger partial charge in [-0.1, -0.05) is 13.8 Å². The van der Waals surface area contributed by atoms with Crippen LogP contribution < -0.4 is 5.56 Å². The molecule has 0 saturated carbocycles. The smallest absolute Gasteiger partial charge is 0.328 e. The first-order valence-corrected chi connectivity index (χ1v) is 11.4. The van der Waals surface area contributed by atoms with Gasteiger partial charge in [-0.25, -0.2) is 13.2 Å². The molecule has 1 aliphatic heterocycles. The van der Waals surface area contributed by atoms with Crippen LogP contribution in [0.4, 0.5) is 0 Å². The van der Waals surface area contributed by atoms with Crippen LogP contribution in [0.3, 0.4) is 0 Å². The van der Waals surface area contributed by atoms with Crippen LogP contribution in [-0.2, 0) is 30.9 Å². The minimum atomic E-state index is -3.76. The van der Waals surface area contributed by atoms with E-state index in [-0.39, 0.29) is 18.0 Å². The minimum absolute atomic E-state index is 0.0470. The Bertz CT molecular complexity index is 891. The molecule has 1 atom stereocenters. The van der Waals surface area contributed by atoms with Gasteiger partial charge in [0.1, 0.15) is 12.6 Å². The lowest BCUT2D eigenvalue weighted by atomic mass is 10.0. The lowest BCUT2D eigenvalue weighted by Gasteiger charge is -2.34. The van der Waals surface area contributed by atoms with Crippen molar-refractivity contribution in [3.8, 4) is 0 Å². The normalized spacial score (nSPS) is 17.4. The van der Waals surface area contributed by atoms with Crippen LogP contribution in [0.5, 0.6) is 0 Å². The highest BCUT2D eigenvalue weighted by Crippen LogP contribution is 2.19. The molecule has 1 fully saturated rings. The molecule has 1 aromatic rings. The SMILES string of the molecule is CCOC(=O)C1CCCCN1C(=O)Cn1cc(S(=O)(=O)N(CC)CC)ccc1=O. The van der Waals surface area contributed by atoms with Crippen molar-refractivity contribution >= 4 is 21.9 Å². The van der Waals surface area contributed by atoms with Crippen molar-refractivity contribution < 1.29 is 22.7 Å². The Morgan fingerprint density at radius 1 is 1.17 bits per heavy atom. The second kappa shape index (κ2) is 10.0. The highest BCUT2D eigenvalue weighted by molar-refractivity contribution is 7.89. The van der Waals surface area contributed by atoms with Crippen LogP contribution in [-0.4, -0.2) is 66.3 Å². The molecule has 9 nitrogen and oxygen atoms in total. The van der Waals surface area contributed by atoms with E-state index in [9.17, 15) is 22.8 Å². The summed E-state index contributed by atoms with van der Waals surface area (Å²) in [5.74, 6) is -0.868. The largest absolute Gasteiger partial charge is 0.464 e. The second-order valence-corrected chi connectivity index (χ2v) is 8.71. The van der Waals surface area contributed by atoms with Gasteiger partial charge < -0.3 is 14.2 Å². The zero-order chi connectivity index (χ0) is 21.6. The summed E-state index contributed by atoms with van der Waals surface area (Å²) < 4.78 is 32.8. The van der Waals surface area contributed by atoms with Crippen molar-refractivity contribution in [1.29, 1.82) is 0 Å². The molecule has 10 heteroatoms. The fourth-order valence-electron chi connectivity index (χ4n) is 3.45. The molecular formula is C19H29N3O6S. The van der Waals surface area contributed by atoms with E-state index in [1.165, 1.54) is 21.5 Å². The third kappa shape index (κ3) is 5.24. The number of likely N-dealkylation sites (tertiary alicyclic amines) is 1. The molecule has 1 unspecified atom stereocenters. The average Bonchev–Trinajstić information content (AvgIpc) is 2.70. The van der Waals surface area contributed by atoms with E-state index in [0.717, 1.165) is 23.5 Å². The summed E-state index contributed by atoms with van der Waals surface area (Å²) >= 11 is 0. The molecule has 0 aliphatic carbocycles. The average molecular weight is 428 g/mol. The van der Waals surface area contributed by atoms with Gasteiger partial charge in [0.05, 0.1) is 11.5 Å². The first kappa shape index (κ1) is 23.1. The van der Waals surface area contributed by atoms with E-state index in [0.29, 0.717) is 26.1 Å². The first-order chi connectivity index (χ1) is 13.8. The lowest BCUT2D eigenvalue weighted by molar-refractivity contribution is -0.156. The van der Waals surface area contributed by atoms with Gasteiger partial charge in [-0.15, -0.1) is 0 Å². The van der Waals surface area contributed by atoms with Crippen molar-refractivity contribution in [2.75, 3.05) is 26.2 Å². The number of hydrogen-bond acceptors (Lipinski definition) is 6. The summed E-state index contributed by atoms with van der Waals surface area (Å²) in [5, 5.41) is 0. The predicted octanol–water partition coefficient (Wildman–Crippen LogP) is 0.823. The van der Waals surface area contributed by atoms with Crippen LogP contribution in [0.15, 0.2) is 28.0 Å². The van der Waals surface area contributed by atoms with E-state index in [1.54, 1.807) is 20.8 Å². The minimum Gasteiger partial charge on any atom is -0.464 e. The molecular weight excluding hydrogens is 398 g/mol. The van der Waals surface area contributed by atoms with Gasteiger partial charge in [0.2, 0.25) is 15.9 Å². The number of hydrogen-bond donors (Lipinski definition) is 0. The number of nitrogens with zero attached hydrogens (tertiary/aromatic N) is 3. The number of esters is 1. The van der Waals surface area contributed by atoms with E-state index < -0.39 is 33.5 Å². The van der Waals surface area contributed by atoms with Crippen LogP contribution in [0.2, 0.25) is 0 Å². The summed E-state index contributed by atoms with van der Waals surface area (Å²) in [4.78, 5) is 38.7. The van der Waals surface area contributed by atoms with Crippen LogP contribution >= 0.6 is 0 Å². The maximum atomic E-state index is 12.8. The van der Waals surface area contributed by atoms with Gasteiger partial charge in [0, 0.05) is 31.9 Å². The standard InChI is InChI=1S/C19H29N3O6S/c1-4-21(5-2)29(26,27)15-10-11-17(23)20(13-15)14-18(24)22-12-8-7-9-16(22)19(25)28-6-3/h10-11,13,16H,4-9,12,14H2,1-3H3. The third-order valence-electron chi connectivity index (χ3n) is 4.99. The lowest BCUT2D eigenvalue weighted by Crippen LogP contribution is -2.50. The summed E-state index contributed by atoms with van der Waals surface area (Å²) in [6, 6.07) is 1.72. The summed E-state index contributed by atoms with van der Waals surface area (Å²) in [5.41, 5.74) is -0.485. The molecule has 1 saturated heterocycles. The Morgan fingerprint density at radius 2 is 1.86 bits per heavy atom. The highest BCUT2D eigenvalue weighted by atomic mass is 32.2. The number of carbonyl (C=O) groups excluding carboxylic acids is 2. The predicted molar refractivity (Wildman–Crippen MR) is 107 cm³/mol. The second-order valence-electron chi connectivity index (χ2n) is 6.77. The summed E-state index contributed by atoms with van der Waals surface area (Å²) in [6.45, 7) is 6.04. The maximum Gasteiger partial charge on any atom is 0.328 e. The molecule has 0 aromatic carbocycles. The van der Waals surface area contributed by atoms with Gasteiger partial charge in [0.25, 0.3) is 5.56 Å². The van der Waals surface area contributed by atoms with Crippen molar-refractivity contribution in [2.45, 2.75) is 57.5 Å². The molecule has 29 heavy (non-hydrogen) atoms. The van der Waals surface area contributed by atoms with E-state index in [2.05, 4.69) is 0 Å². The number of aromatic nitrogens is 1. The molecule has 2 heterocycles. The van der Waals surface area contributed by atoms with Crippen molar-refractivity contribution in [3.05, 3.63) is 28.7 Å². The quantitative estimate of drug-likeness (QED) is 0.569. The Balaban J connectivity index is 2.28. The molecule has 0 N–H and O–H groups in total. The van der Waals surface area contributed by atoms with Crippen molar-refractivity contribution in [2.24, 2.45) is 0 Å². The molecule has 1 aliphatic rings. The molecule has 2 rings (SSSR count). The molecule has 0 bridgehead atoms. The van der Waals surface area contributed by atoms with Gasteiger partial charge in [-0.3, -0.25) is 9.59 Å². The summed E-state index contributed by atoms with van der Waals surface area (Å²) in [7, 11) is -3.76. The van der Waals surface area contributed by atoms with E-state index in [1.807, 2.05) is 0 Å². The van der Waals surface area contributed by atoms with Gasteiger partial charge in [-0.2, -0.15) is 4.31 Å². The zero-order valence-electron chi connectivity index (χ0n) is 17.2. The van der Waals surface area contributed by atoms with Crippen molar-refractivity contribution in [3.63, 3.8) is 0 Å². The molecule has 1 aromatic heterocycles. The molecule has 1 amide bonds. The maximum absolute atomic E-state index is 12.8. The van der Waals surface area contributed by atoms with Crippen LogP contribution in [0.1, 0.15) is 40.0 Å². The monoisotopic (exact) mass is 427 g/mol. The Morgan fingerprint density at radius 3 is 2.48 bits per heavy atom. The number of amides is 1. The van der Waals surface area contributed by atoms with Gasteiger partial charge in [0.15, 0.2) is 0 Å². The number of rotatable bonds is 8. The Hall–Kier alpha value is -2.20. The molecule has 0 radical (unpaired) electrons. The third-order valence-corrected chi connectivity index (χ3v) is 7.02. The number of carbonyl (C=O) groups is 2. The number of piperidine rings is 1. The number of ether oxygens (including phenoxy) is 1. The van der Waals surface area contributed by atoms with Crippen molar-refractivity contribution in [1.82, 2.24) is 13.8 Å². The fraction of sp³-hybridized carbons (Fsp3) is 0.632. The Labute approximate surface area is 171 Å².